The summed E-state index contributed by atoms with van der Waals surface area (Å²) in [4.78, 5) is 4.71. The van der Waals surface area contributed by atoms with Gasteiger partial charge < -0.3 is 0 Å². The monoisotopic (exact) mass is 538 g/mol. The summed E-state index contributed by atoms with van der Waals surface area (Å²) >= 11 is 26.7. The van der Waals surface area contributed by atoms with Gasteiger partial charge in [0.25, 0.3) is 0 Å². The molecular formula is C25H19Cl4FN2S. The molecule has 0 saturated heterocycles. The van der Waals surface area contributed by atoms with Gasteiger partial charge in [-0.2, -0.15) is 0 Å². The Kier molecular flexibility index (Phi) is 7.32. The van der Waals surface area contributed by atoms with Crippen molar-refractivity contribution in [3.8, 4) is 5.69 Å². The zero-order valence-electron chi connectivity index (χ0n) is 17.8. The third kappa shape index (κ3) is 5.06. The SMILES string of the molecule is CC(C)(c1ccc(Cl)c(Cl)c1)c1cnc(SCc2c(Cl)cccc2Cl)n1-c1ccc(F)cc1. The van der Waals surface area contributed by atoms with E-state index in [1.165, 1.54) is 23.9 Å². The van der Waals surface area contributed by atoms with E-state index >= 15 is 0 Å². The molecule has 4 rings (SSSR count). The van der Waals surface area contributed by atoms with E-state index in [0.29, 0.717) is 25.8 Å². The van der Waals surface area contributed by atoms with Crippen LogP contribution in [0.15, 0.2) is 72.0 Å². The molecule has 1 heterocycles. The standard InChI is InChI=1S/C25H19Cl4FN2S/c1-25(2,15-6-11-21(28)22(29)12-15)23-13-31-24(32(23)17-9-7-16(30)8-10-17)33-14-18-19(26)4-3-5-20(18)27/h3-13H,14H2,1-2H3. The fourth-order valence-electron chi connectivity index (χ4n) is 3.56. The second-order valence-corrected chi connectivity index (χ2v) is 10.6. The lowest BCUT2D eigenvalue weighted by Crippen LogP contribution is -2.23. The van der Waals surface area contributed by atoms with Gasteiger partial charge in [-0.15, -0.1) is 0 Å². The number of benzene rings is 3. The summed E-state index contributed by atoms with van der Waals surface area (Å²) in [5.74, 6) is 0.227. The largest absolute Gasteiger partial charge is 0.291 e. The van der Waals surface area contributed by atoms with Crippen molar-refractivity contribution in [3.63, 3.8) is 0 Å². The molecule has 0 amide bonds. The van der Waals surface area contributed by atoms with Crippen molar-refractivity contribution < 1.29 is 4.39 Å². The predicted molar refractivity (Wildman–Crippen MR) is 138 cm³/mol. The molecular weight excluding hydrogens is 521 g/mol. The lowest BCUT2D eigenvalue weighted by Gasteiger charge is -2.28. The van der Waals surface area contributed by atoms with Gasteiger partial charge in [0, 0.05) is 26.9 Å². The van der Waals surface area contributed by atoms with Gasteiger partial charge in [0.05, 0.1) is 21.9 Å². The number of halogens is 5. The van der Waals surface area contributed by atoms with Crippen LogP contribution in [0.3, 0.4) is 0 Å². The van der Waals surface area contributed by atoms with Crippen LogP contribution in [-0.4, -0.2) is 9.55 Å². The Hall–Kier alpha value is -1.69. The molecule has 0 unspecified atom stereocenters. The Morgan fingerprint density at radius 2 is 1.55 bits per heavy atom. The number of imidazole rings is 1. The van der Waals surface area contributed by atoms with Crippen LogP contribution in [0.2, 0.25) is 20.1 Å². The van der Waals surface area contributed by atoms with E-state index in [-0.39, 0.29) is 5.82 Å². The third-order valence-electron chi connectivity index (χ3n) is 5.50. The second kappa shape index (κ2) is 9.89. The van der Waals surface area contributed by atoms with E-state index in [2.05, 4.69) is 13.8 Å². The van der Waals surface area contributed by atoms with Crippen LogP contribution in [0.5, 0.6) is 0 Å². The van der Waals surface area contributed by atoms with Crippen LogP contribution in [0.4, 0.5) is 4.39 Å². The first-order valence-electron chi connectivity index (χ1n) is 10.0. The minimum Gasteiger partial charge on any atom is -0.291 e. The fourth-order valence-corrected chi connectivity index (χ4v) is 5.59. The molecule has 0 aliphatic heterocycles. The summed E-state index contributed by atoms with van der Waals surface area (Å²) in [5, 5.41) is 2.92. The molecule has 2 nitrogen and oxygen atoms in total. The van der Waals surface area contributed by atoms with Crippen molar-refractivity contribution in [2.24, 2.45) is 0 Å². The van der Waals surface area contributed by atoms with Crippen LogP contribution in [0.25, 0.3) is 5.69 Å². The maximum Gasteiger partial charge on any atom is 0.173 e. The molecule has 0 radical (unpaired) electrons. The molecule has 0 bridgehead atoms. The van der Waals surface area contributed by atoms with Crippen LogP contribution >= 0.6 is 58.2 Å². The van der Waals surface area contributed by atoms with Crippen molar-refractivity contribution >= 4 is 58.2 Å². The summed E-state index contributed by atoms with van der Waals surface area (Å²) in [6.45, 7) is 4.17. The van der Waals surface area contributed by atoms with Gasteiger partial charge in [0.15, 0.2) is 5.16 Å². The lowest BCUT2D eigenvalue weighted by atomic mass is 9.81. The van der Waals surface area contributed by atoms with E-state index < -0.39 is 5.41 Å². The van der Waals surface area contributed by atoms with Crippen molar-refractivity contribution in [1.29, 1.82) is 0 Å². The first-order chi connectivity index (χ1) is 15.7. The van der Waals surface area contributed by atoms with Gasteiger partial charge in [-0.1, -0.05) is 84.1 Å². The maximum atomic E-state index is 13.7. The highest BCUT2D eigenvalue weighted by atomic mass is 35.5. The van der Waals surface area contributed by atoms with Crippen molar-refractivity contribution in [2.75, 3.05) is 0 Å². The van der Waals surface area contributed by atoms with Crippen LogP contribution < -0.4 is 0 Å². The molecule has 170 valence electrons. The number of hydrogen-bond donors (Lipinski definition) is 0. The van der Waals surface area contributed by atoms with E-state index in [1.54, 1.807) is 18.2 Å². The summed E-state index contributed by atoms with van der Waals surface area (Å²) in [5.41, 5.74) is 3.05. The number of hydrogen-bond acceptors (Lipinski definition) is 2. The highest BCUT2D eigenvalue weighted by molar-refractivity contribution is 7.98. The van der Waals surface area contributed by atoms with E-state index in [9.17, 15) is 4.39 Å². The van der Waals surface area contributed by atoms with Crippen LogP contribution in [-0.2, 0) is 11.2 Å². The molecule has 3 aromatic carbocycles. The molecule has 33 heavy (non-hydrogen) atoms. The quantitative estimate of drug-likeness (QED) is 0.227. The zero-order valence-corrected chi connectivity index (χ0v) is 21.6. The van der Waals surface area contributed by atoms with Crippen LogP contribution in [0.1, 0.15) is 30.7 Å². The summed E-state index contributed by atoms with van der Waals surface area (Å²) < 4.78 is 15.7. The van der Waals surface area contributed by atoms with Gasteiger partial charge in [0.1, 0.15) is 5.82 Å². The second-order valence-electron chi connectivity index (χ2n) is 7.98. The van der Waals surface area contributed by atoms with E-state index in [1.807, 2.05) is 41.1 Å². The minimum absolute atomic E-state index is 0.304. The Labute approximate surface area is 216 Å². The van der Waals surface area contributed by atoms with Gasteiger partial charge >= 0.3 is 0 Å². The average molecular weight is 540 g/mol. The molecule has 0 aliphatic rings. The summed E-state index contributed by atoms with van der Waals surface area (Å²) in [7, 11) is 0. The molecule has 8 heteroatoms. The Balaban J connectivity index is 1.80. The van der Waals surface area contributed by atoms with Gasteiger partial charge in [-0.05, 0) is 59.7 Å². The summed E-state index contributed by atoms with van der Waals surface area (Å²) in [6.07, 6.45) is 1.84. The molecule has 1 aromatic heterocycles. The number of rotatable bonds is 6. The molecule has 0 N–H and O–H groups in total. The molecule has 0 atom stereocenters. The fraction of sp³-hybridized carbons (Fsp3) is 0.160. The Morgan fingerprint density at radius 1 is 0.879 bits per heavy atom. The number of thioether (sulfide) groups is 1. The highest BCUT2D eigenvalue weighted by Crippen LogP contribution is 2.39. The van der Waals surface area contributed by atoms with Gasteiger partial charge in [0.2, 0.25) is 0 Å². The van der Waals surface area contributed by atoms with Crippen LogP contribution in [0, 0.1) is 5.82 Å². The van der Waals surface area contributed by atoms with Crippen molar-refractivity contribution in [3.05, 3.63) is 110 Å². The molecule has 4 aromatic rings. The normalized spacial score (nSPS) is 11.7. The average Bonchev–Trinajstić information content (AvgIpc) is 3.20. The maximum absolute atomic E-state index is 13.7. The number of aromatic nitrogens is 2. The van der Waals surface area contributed by atoms with E-state index in [4.69, 9.17) is 51.4 Å². The third-order valence-corrected chi connectivity index (χ3v) is 7.93. The van der Waals surface area contributed by atoms with Crippen molar-refractivity contribution in [1.82, 2.24) is 9.55 Å². The Bertz CT molecular complexity index is 1280. The minimum atomic E-state index is -0.476. The first kappa shape index (κ1) is 24.4. The predicted octanol–water partition coefficient (Wildman–Crippen LogP) is 9.24. The topological polar surface area (TPSA) is 17.8 Å². The first-order valence-corrected chi connectivity index (χ1v) is 12.5. The summed E-state index contributed by atoms with van der Waals surface area (Å²) in [6, 6.07) is 17.4. The van der Waals surface area contributed by atoms with E-state index in [0.717, 1.165) is 27.7 Å². The Morgan fingerprint density at radius 3 is 2.18 bits per heavy atom. The zero-order chi connectivity index (χ0) is 23.8. The van der Waals surface area contributed by atoms with Gasteiger partial charge in [-0.3, -0.25) is 4.57 Å². The molecule has 0 aliphatic carbocycles. The number of nitrogens with zero attached hydrogens (tertiary/aromatic N) is 2. The van der Waals surface area contributed by atoms with Crippen molar-refractivity contribution in [2.45, 2.75) is 30.2 Å². The molecule has 0 saturated carbocycles. The molecule has 0 spiro atoms. The molecule has 0 fully saturated rings. The lowest BCUT2D eigenvalue weighted by molar-refractivity contribution is 0.591. The highest BCUT2D eigenvalue weighted by Gasteiger charge is 2.30. The van der Waals surface area contributed by atoms with Gasteiger partial charge in [-0.25, -0.2) is 9.37 Å². The smallest absolute Gasteiger partial charge is 0.173 e.